The number of rotatable bonds is 2. The summed E-state index contributed by atoms with van der Waals surface area (Å²) in [7, 11) is 0. The Bertz CT molecular complexity index is 717. The van der Waals surface area contributed by atoms with Crippen LogP contribution in [-0.2, 0) is 11.2 Å². The van der Waals surface area contributed by atoms with Crippen molar-refractivity contribution in [1.29, 1.82) is 0 Å². The molecule has 0 bridgehead atoms. The highest BCUT2D eigenvalue weighted by molar-refractivity contribution is 9.11. The second-order valence-electron chi connectivity index (χ2n) is 4.99. The van der Waals surface area contributed by atoms with Crippen LogP contribution in [0.25, 0.3) is 0 Å². The van der Waals surface area contributed by atoms with E-state index in [9.17, 15) is 4.79 Å². The SMILES string of the molecule is O=C1CCc2cc(C(Cl)c3ccc(Br)cc3Br)ccc2N1. The quantitative estimate of drug-likeness (QED) is 0.634. The Morgan fingerprint density at radius 2 is 1.90 bits per heavy atom. The number of alkyl halides is 1. The summed E-state index contributed by atoms with van der Waals surface area (Å²) < 4.78 is 1.98. The molecule has 108 valence electrons. The minimum absolute atomic E-state index is 0.0772. The molecule has 5 heteroatoms. The van der Waals surface area contributed by atoms with Gasteiger partial charge in [0.05, 0.1) is 5.38 Å². The number of hydrogen-bond donors (Lipinski definition) is 1. The van der Waals surface area contributed by atoms with Crippen molar-refractivity contribution in [3.05, 3.63) is 62.0 Å². The maximum absolute atomic E-state index is 11.4. The van der Waals surface area contributed by atoms with Gasteiger partial charge in [0.15, 0.2) is 0 Å². The van der Waals surface area contributed by atoms with E-state index < -0.39 is 0 Å². The summed E-state index contributed by atoms with van der Waals surface area (Å²) in [5.41, 5.74) is 4.11. The van der Waals surface area contributed by atoms with Crippen LogP contribution in [0.2, 0.25) is 0 Å². The van der Waals surface area contributed by atoms with Crippen LogP contribution < -0.4 is 5.32 Å². The van der Waals surface area contributed by atoms with Crippen molar-refractivity contribution < 1.29 is 4.79 Å². The monoisotopic (exact) mass is 427 g/mol. The fraction of sp³-hybridized carbons (Fsp3) is 0.188. The molecule has 1 amide bonds. The molecule has 1 N–H and O–H groups in total. The van der Waals surface area contributed by atoms with Crippen molar-refractivity contribution in [3.63, 3.8) is 0 Å². The minimum Gasteiger partial charge on any atom is -0.326 e. The summed E-state index contributed by atoms with van der Waals surface area (Å²) in [6, 6.07) is 12.0. The molecule has 1 heterocycles. The molecule has 1 aliphatic heterocycles. The Labute approximate surface area is 145 Å². The van der Waals surface area contributed by atoms with Crippen LogP contribution >= 0.6 is 43.5 Å². The van der Waals surface area contributed by atoms with Gasteiger partial charge in [0.1, 0.15) is 0 Å². The average Bonchev–Trinajstić information content (AvgIpc) is 2.46. The second-order valence-corrected chi connectivity index (χ2v) is 7.20. The number of carbonyl (C=O) groups excluding carboxylic acids is 1. The summed E-state index contributed by atoms with van der Waals surface area (Å²) in [5.74, 6) is 0.0772. The fourth-order valence-electron chi connectivity index (χ4n) is 2.45. The fourth-order valence-corrected chi connectivity index (χ4v) is 4.18. The number of hydrogen-bond acceptors (Lipinski definition) is 1. The number of halogens is 3. The van der Waals surface area contributed by atoms with Crippen molar-refractivity contribution >= 4 is 55.1 Å². The normalized spacial score (nSPS) is 15.3. The average molecular weight is 430 g/mol. The van der Waals surface area contributed by atoms with Gasteiger partial charge >= 0.3 is 0 Å². The van der Waals surface area contributed by atoms with Crippen LogP contribution in [0.1, 0.15) is 28.5 Å². The summed E-state index contributed by atoms with van der Waals surface area (Å²) in [6.45, 7) is 0. The first-order chi connectivity index (χ1) is 10.0. The zero-order chi connectivity index (χ0) is 15.0. The van der Waals surface area contributed by atoms with Crippen LogP contribution in [0.15, 0.2) is 45.3 Å². The molecular weight excluding hydrogens is 417 g/mol. The third kappa shape index (κ3) is 3.17. The number of carbonyl (C=O) groups is 1. The van der Waals surface area contributed by atoms with Crippen molar-refractivity contribution in [2.45, 2.75) is 18.2 Å². The van der Waals surface area contributed by atoms with E-state index in [-0.39, 0.29) is 11.3 Å². The molecule has 1 aliphatic rings. The molecule has 21 heavy (non-hydrogen) atoms. The molecular formula is C16H12Br2ClNO. The summed E-state index contributed by atoms with van der Waals surface area (Å²) in [4.78, 5) is 11.4. The first-order valence-electron chi connectivity index (χ1n) is 6.56. The highest BCUT2D eigenvalue weighted by atomic mass is 79.9. The lowest BCUT2D eigenvalue weighted by atomic mass is 9.97. The molecule has 2 nitrogen and oxygen atoms in total. The first kappa shape index (κ1) is 15.1. The molecule has 0 radical (unpaired) electrons. The Kier molecular flexibility index (Phi) is 4.38. The van der Waals surface area contributed by atoms with Crippen molar-refractivity contribution in [2.24, 2.45) is 0 Å². The van der Waals surface area contributed by atoms with Gasteiger partial charge in [0.2, 0.25) is 5.91 Å². The maximum atomic E-state index is 11.4. The van der Waals surface area contributed by atoms with Crippen LogP contribution in [0.5, 0.6) is 0 Å². The molecule has 0 fully saturated rings. The Balaban J connectivity index is 1.95. The van der Waals surface area contributed by atoms with Crippen molar-refractivity contribution in [3.8, 4) is 0 Å². The van der Waals surface area contributed by atoms with E-state index in [1.165, 1.54) is 0 Å². The smallest absolute Gasteiger partial charge is 0.224 e. The van der Waals surface area contributed by atoms with Gasteiger partial charge in [0, 0.05) is 21.1 Å². The van der Waals surface area contributed by atoms with Crippen LogP contribution in [-0.4, -0.2) is 5.91 Å². The van der Waals surface area contributed by atoms with Gasteiger partial charge in [-0.25, -0.2) is 0 Å². The van der Waals surface area contributed by atoms with Crippen LogP contribution in [0.4, 0.5) is 5.69 Å². The number of aryl methyl sites for hydroxylation is 1. The van der Waals surface area contributed by atoms with E-state index in [0.717, 1.165) is 37.7 Å². The van der Waals surface area contributed by atoms with E-state index in [4.69, 9.17) is 11.6 Å². The van der Waals surface area contributed by atoms with Crippen LogP contribution in [0.3, 0.4) is 0 Å². The first-order valence-corrected chi connectivity index (χ1v) is 8.58. The van der Waals surface area contributed by atoms with Crippen molar-refractivity contribution in [2.75, 3.05) is 5.32 Å². The van der Waals surface area contributed by atoms with E-state index in [1.54, 1.807) is 0 Å². The lowest BCUT2D eigenvalue weighted by molar-refractivity contribution is -0.116. The van der Waals surface area contributed by atoms with Gasteiger partial charge in [-0.05, 0) is 41.3 Å². The third-order valence-corrected chi connectivity index (χ3v) is 5.22. The predicted molar refractivity (Wildman–Crippen MR) is 92.9 cm³/mol. The summed E-state index contributed by atoms with van der Waals surface area (Å²) in [5, 5.41) is 2.66. The number of fused-ring (bicyclic) bond motifs is 1. The summed E-state index contributed by atoms with van der Waals surface area (Å²) in [6.07, 6.45) is 1.30. The topological polar surface area (TPSA) is 29.1 Å². The highest BCUT2D eigenvalue weighted by Gasteiger charge is 2.19. The molecule has 0 aromatic heterocycles. The molecule has 0 spiro atoms. The molecule has 0 saturated heterocycles. The highest BCUT2D eigenvalue weighted by Crippen LogP contribution is 2.37. The van der Waals surface area contributed by atoms with E-state index >= 15 is 0 Å². The van der Waals surface area contributed by atoms with Gasteiger partial charge in [-0.2, -0.15) is 0 Å². The molecule has 2 aromatic rings. The molecule has 2 aromatic carbocycles. The Morgan fingerprint density at radius 1 is 1.10 bits per heavy atom. The summed E-state index contributed by atoms with van der Waals surface area (Å²) >= 11 is 13.6. The Morgan fingerprint density at radius 3 is 2.67 bits per heavy atom. The van der Waals surface area contributed by atoms with Gasteiger partial charge < -0.3 is 5.32 Å². The zero-order valence-corrected chi connectivity index (χ0v) is 14.9. The molecule has 0 saturated carbocycles. The molecule has 1 unspecified atom stereocenters. The van der Waals surface area contributed by atoms with Gasteiger partial charge in [-0.3, -0.25) is 4.79 Å². The van der Waals surface area contributed by atoms with Crippen LogP contribution in [0, 0.1) is 0 Å². The number of nitrogens with one attached hydrogen (secondary N) is 1. The van der Waals surface area contributed by atoms with E-state index in [1.807, 2.05) is 30.3 Å². The van der Waals surface area contributed by atoms with E-state index in [0.29, 0.717) is 6.42 Å². The van der Waals surface area contributed by atoms with Gasteiger partial charge in [-0.15, -0.1) is 11.6 Å². The zero-order valence-electron chi connectivity index (χ0n) is 11.0. The minimum atomic E-state index is -0.226. The molecule has 0 aliphatic carbocycles. The molecule has 3 rings (SSSR count). The Hall–Kier alpha value is -0.840. The van der Waals surface area contributed by atoms with E-state index in [2.05, 4.69) is 43.2 Å². The standard InChI is InChI=1S/C16H12Br2ClNO/c17-11-3-4-12(13(18)8-11)16(19)10-1-5-14-9(7-10)2-6-15(21)20-14/h1,3-5,7-8,16H,2,6H2,(H,20,21). The number of anilines is 1. The third-order valence-electron chi connectivity index (χ3n) is 3.55. The van der Waals surface area contributed by atoms with Gasteiger partial charge in [-0.1, -0.05) is 50.1 Å². The van der Waals surface area contributed by atoms with Gasteiger partial charge in [0.25, 0.3) is 0 Å². The largest absolute Gasteiger partial charge is 0.326 e. The lowest BCUT2D eigenvalue weighted by Crippen LogP contribution is -2.19. The number of amides is 1. The second kappa shape index (κ2) is 6.11. The molecule has 1 atom stereocenters. The predicted octanol–water partition coefficient (Wildman–Crippen LogP) is 5.42. The maximum Gasteiger partial charge on any atom is 0.224 e. The lowest BCUT2D eigenvalue weighted by Gasteiger charge is -2.19. The van der Waals surface area contributed by atoms with Crippen molar-refractivity contribution in [1.82, 2.24) is 0 Å². The number of benzene rings is 2.